The average Bonchev–Trinajstić information content (AvgIpc) is 3.86. The maximum atomic E-state index is 14.4. The number of rotatable bonds is 9. The van der Waals surface area contributed by atoms with E-state index >= 15 is 0 Å². The number of anilines is 1. The van der Waals surface area contributed by atoms with Gasteiger partial charge in [-0.3, -0.25) is 0 Å². The summed E-state index contributed by atoms with van der Waals surface area (Å²) >= 11 is 6.08. The molecule has 6 rings (SSSR count). The number of aldehydes is 1. The van der Waals surface area contributed by atoms with Gasteiger partial charge in [0.25, 0.3) is 0 Å². The molecule has 1 aliphatic carbocycles. The van der Waals surface area contributed by atoms with E-state index < -0.39 is 45.2 Å². The first-order chi connectivity index (χ1) is 22.1. The average molecular weight is 668 g/mol. The minimum absolute atomic E-state index is 0.0763. The summed E-state index contributed by atoms with van der Waals surface area (Å²) in [6, 6.07) is 20.6. The molecular formula is C35H39ClFN3O5S. The van der Waals surface area contributed by atoms with Gasteiger partial charge in [0.15, 0.2) is 0 Å². The first-order valence-electron chi connectivity index (χ1n) is 15.9. The third kappa shape index (κ3) is 6.14. The lowest BCUT2D eigenvalue weighted by Crippen LogP contribution is -2.59. The molecule has 3 aromatic carbocycles. The third-order valence-electron chi connectivity index (χ3n) is 9.86. The van der Waals surface area contributed by atoms with Crippen molar-refractivity contribution in [2.24, 2.45) is 0 Å². The first-order valence-corrected chi connectivity index (χ1v) is 17.8. The number of benzene rings is 3. The smallest absolute Gasteiger partial charge is 0.410 e. The van der Waals surface area contributed by atoms with Crippen molar-refractivity contribution < 1.29 is 27.1 Å². The van der Waals surface area contributed by atoms with Crippen LogP contribution in [0.5, 0.6) is 0 Å². The van der Waals surface area contributed by atoms with Gasteiger partial charge in [-0.05, 0) is 106 Å². The molecule has 0 aromatic heterocycles. The van der Waals surface area contributed by atoms with Crippen LogP contribution in [0, 0.1) is 5.82 Å². The Labute approximate surface area is 275 Å². The molecule has 244 valence electrons. The van der Waals surface area contributed by atoms with Crippen LogP contribution in [0.25, 0.3) is 0 Å². The number of amides is 1. The summed E-state index contributed by atoms with van der Waals surface area (Å²) in [6.45, 7) is 3.32. The van der Waals surface area contributed by atoms with Gasteiger partial charge in [0, 0.05) is 30.3 Å². The summed E-state index contributed by atoms with van der Waals surface area (Å²) in [6.07, 6.45) is 4.14. The largest absolute Gasteiger partial charge is 0.441 e. The number of carbonyl (C=O) groups excluding carboxylic acids is 2. The molecule has 11 heteroatoms. The number of carbonyl (C=O) groups is 2. The lowest BCUT2D eigenvalue weighted by atomic mass is 9.86. The highest BCUT2D eigenvalue weighted by Crippen LogP contribution is 2.53. The van der Waals surface area contributed by atoms with Crippen LogP contribution in [0.3, 0.4) is 0 Å². The Bertz CT molecular complexity index is 1660. The summed E-state index contributed by atoms with van der Waals surface area (Å²) in [4.78, 5) is 30.1. The predicted octanol–water partition coefficient (Wildman–Crippen LogP) is 6.99. The zero-order chi connectivity index (χ0) is 32.5. The van der Waals surface area contributed by atoms with E-state index in [1.807, 2.05) is 37.3 Å². The second-order valence-corrected chi connectivity index (χ2v) is 14.8. The van der Waals surface area contributed by atoms with Crippen LogP contribution in [0.1, 0.15) is 63.5 Å². The zero-order valence-corrected chi connectivity index (χ0v) is 27.4. The Hall–Kier alpha value is -3.47. The van der Waals surface area contributed by atoms with Crippen molar-refractivity contribution in [3.05, 3.63) is 95.3 Å². The van der Waals surface area contributed by atoms with Gasteiger partial charge >= 0.3 is 6.09 Å². The van der Waals surface area contributed by atoms with Gasteiger partial charge < -0.3 is 19.3 Å². The summed E-state index contributed by atoms with van der Waals surface area (Å²) in [5, 5.41) is 0.411. The van der Waals surface area contributed by atoms with Crippen molar-refractivity contribution in [1.29, 1.82) is 0 Å². The molecule has 0 N–H and O–H groups in total. The molecule has 8 nitrogen and oxygen atoms in total. The molecule has 46 heavy (non-hydrogen) atoms. The van der Waals surface area contributed by atoms with E-state index in [0.717, 1.165) is 12.0 Å². The lowest BCUT2D eigenvalue weighted by Gasteiger charge is -2.47. The van der Waals surface area contributed by atoms with Crippen LogP contribution < -0.4 is 4.90 Å². The minimum atomic E-state index is -4.10. The van der Waals surface area contributed by atoms with E-state index in [4.69, 9.17) is 16.3 Å². The van der Waals surface area contributed by atoms with Gasteiger partial charge in [-0.2, -0.15) is 4.31 Å². The molecule has 3 aliphatic rings. The first kappa shape index (κ1) is 32.5. The van der Waals surface area contributed by atoms with Gasteiger partial charge in [-0.15, -0.1) is 0 Å². The highest BCUT2D eigenvalue weighted by molar-refractivity contribution is 7.89. The van der Waals surface area contributed by atoms with Crippen molar-refractivity contribution in [2.45, 2.75) is 80.0 Å². The van der Waals surface area contributed by atoms with E-state index in [1.165, 1.54) is 40.7 Å². The topological polar surface area (TPSA) is 87.2 Å². The molecule has 0 radical (unpaired) electrons. The Morgan fingerprint density at radius 3 is 2.30 bits per heavy atom. The fraction of sp³-hybridized carbons (Fsp3) is 0.429. The number of likely N-dealkylation sites (N-methyl/N-ethyl adjacent to an activating group) is 1. The quantitative estimate of drug-likeness (QED) is 0.229. The number of sulfonamides is 1. The number of para-hydroxylation sites is 1. The molecule has 1 saturated carbocycles. The number of piperidine rings is 2. The zero-order valence-electron chi connectivity index (χ0n) is 25.9. The fourth-order valence-electron chi connectivity index (χ4n) is 7.32. The number of hydrogen-bond acceptors (Lipinski definition) is 6. The molecular weight excluding hydrogens is 629 g/mol. The van der Waals surface area contributed by atoms with E-state index in [0.29, 0.717) is 75.2 Å². The van der Waals surface area contributed by atoms with Crippen LogP contribution in [0.15, 0.2) is 83.8 Å². The van der Waals surface area contributed by atoms with Crippen LogP contribution in [0.2, 0.25) is 5.02 Å². The summed E-state index contributed by atoms with van der Waals surface area (Å²) in [5.74, 6) is -0.443. The number of halogens is 2. The SMILES string of the molecule is CCN(c1ccccc1)C1(C=O)CCN(C(=O)OC2(C3CCCC(c4cccc(F)c4)N3S(=O)(=O)c3ccc(Cl)cc3)CC2)CC1. The molecule has 3 fully saturated rings. The van der Waals surface area contributed by atoms with Crippen molar-refractivity contribution in [2.75, 3.05) is 24.5 Å². The molecule has 3 aromatic rings. The fourth-order valence-corrected chi connectivity index (χ4v) is 9.36. The minimum Gasteiger partial charge on any atom is -0.441 e. The van der Waals surface area contributed by atoms with Gasteiger partial charge in [0.2, 0.25) is 10.0 Å². The van der Waals surface area contributed by atoms with E-state index in [9.17, 15) is 22.4 Å². The monoisotopic (exact) mass is 667 g/mol. The number of likely N-dealkylation sites (tertiary alicyclic amines) is 1. The van der Waals surface area contributed by atoms with Crippen molar-refractivity contribution >= 4 is 39.7 Å². The van der Waals surface area contributed by atoms with Crippen molar-refractivity contribution in [3.8, 4) is 0 Å². The second-order valence-electron chi connectivity index (χ2n) is 12.5. The molecule has 0 spiro atoms. The van der Waals surface area contributed by atoms with Crippen LogP contribution in [0.4, 0.5) is 14.9 Å². The highest BCUT2D eigenvalue weighted by atomic mass is 35.5. The molecule has 2 atom stereocenters. The normalized spacial score (nSPS) is 22.5. The Balaban J connectivity index is 1.24. The maximum Gasteiger partial charge on any atom is 0.410 e. The molecule has 2 aliphatic heterocycles. The Morgan fingerprint density at radius 1 is 1.00 bits per heavy atom. The molecule has 2 heterocycles. The lowest BCUT2D eigenvalue weighted by molar-refractivity contribution is -0.114. The van der Waals surface area contributed by atoms with Crippen molar-refractivity contribution in [1.82, 2.24) is 9.21 Å². The van der Waals surface area contributed by atoms with Crippen LogP contribution in [-0.4, -0.2) is 66.8 Å². The highest BCUT2D eigenvalue weighted by Gasteiger charge is 2.60. The van der Waals surface area contributed by atoms with Gasteiger partial charge in [0.1, 0.15) is 17.7 Å². The molecule has 2 saturated heterocycles. The van der Waals surface area contributed by atoms with Crippen molar-refractivity contribution in [3.63, 3.8) is 0 Å². The summed E-state index contributed by atoms with van der Waals surface area (Å²) < 4.78 is 50.8. The molecule has 1 amide bonds. The Kier molecular flexibility index (Phi) is 9.15. The number of nitrogens with zero attached hydrogens (tertiary/aromatic N) is 3. The number of hydrogen-bond donors (Lipinski definition) is 0. The van der Waals surface area contributed by atoms with E-state index in [1.54, 1.807) is 17.0 Å². The number of ether oxygens (including phenoxy) is 1. The van der Waals surface area contributed by atoms with E-state index in [-0.39, 0.29) is 4.90 Å². The van der Waals surface area contributed by atoms with Gasteiger partial charge in [0.05, 0.1) is 22.5 Å². The predicted molar refractivity (Wildman–Crippen MR) is 175 cm³/mol. The summed E-state index contributed by atoms with van der Waals surface area (Å²) in [5.41, 5.74) is -0.224. The Morgan fingerprint density at radius 2 is 1.70 bits per heavy atom. The van der Waals surface area contributed by atoms with Crippen LogP contribution >= 0.6 is 11.6 Å². The standard InChI is InChI=1S/C35H39ClFN3O5S/c1-2-39(29-10-4-3-5-11-29)34(25-41)20-22-38(23-21-34)33(42)45-35(18-19-35)32-13-7-12-31(26-8-6-9-28(37)24-26)40(32)46(43,44)30-16-14-27(36)15-17-30/h3-6,8-11,14-17,24-25,31-32H,2,7,12-13,18-23H2,1H3. The van der Waals surface area contributed by atoms with Crippen LogP contribution in [-0.2, 0) is 19.6 Å². The summed E-state index contributed by atoms with van der Waals surface area (Å²) in [7, 11) is -4.10. The molecule has 2 unspecified atom stereocenters. The second kappa shape index (κ2) is 13.0. The molecule has 0 bridgehead atoms. The third-order valence-corrected chi connectivity index (χ3v) is 12.0. The van der Waals surface area contributed by atoms with Gasteiger partial charge in [-0.25, -0.2) is 17.6 Å². The maximum absolute atomic E-state index is 14.4. The van der Waals surface area contributed by atoms with E-state index in [2.05, 4.69) is 4.90 Å². The van der Waals surface area contributed by atoms with Gasteiger partial charge in [-0.1, -0.05) is 41.9 Å².